The molecule has 0 bridgehead atoms. The molecule has 0 aromatic carbocycles. The van der Waals surface area contributed by atoms with Crippen molar-refractivity contribution in [3.63, 3.8) is 0 Å². The number of ether oxygens (including phenoxy) is 1. The quantitative estimate of drug-likeness (QED) is 0.559. The van der Waals surface area contributed by atoms with Crippen LogP contribution in [-0.2, 0) is 9.53 Å². The van der Waals surface area contributed by atoms with Crippen LogP contribution in [0.25, 0.3) is 0 Å². The van der Waals surface area contributed by atoms with Gasteiger partial charge in [-0.05, 0) is 0 Å². The number of hydrogen-bond acceptors (Lipinski definition) is 3. The minimum absolute atomic E-state index is 0.373. The number of hydrogen-bond donors (Lipinski definition) is 1. The van der Waals surface area contributed by atoms with Crippen LogP contribution in [0.1, 0.15) is 6.42 Å². The molecular formula is C6H7NO3. The molecule has 10 heavy (non-hydrogen) atoms. The van der Waals surface area contributed by atoms with E-state index in [4.69, 9.17) is 0 Å². The van der Waals surface area contributed by atoms with E-state index in [-0.39, 0.29) is 5.91 Å². The van der Waals surface area contributed by atoms with Crippen molar-refractivity contribution < 1.29 is 14.3 Å². The molecule has 0 aliphatic carbocycles. The lowest BCUT2D eigenvalue weighted by molar-refractivity contribution is -0.123. The highest BCUT2D eigenvalue weighted by atomic mass is 16.6. The number of carbonyl (C=O) groups is 2. The third-order valence-electron chi connectivity index (χ3n) is 1.15. The zero-order valence-electron chi connectivity index (χ0n) is 5.29. The van der Waals surface area contributed by atoms with Crippen molar-refractivity contribution in [1.82, 2.24) is 5.32 Å². The second-order valence-electron chi connectivity index (χ2n) is 1.91. The number of carbonyl (C=O) groups excluding carboxylic acids is 2. The van der Waals surface area contributed by atoms with Crippen molar-refractivity contribution in [1.29, 1.82) is 0 Å². The summed E-state index contributed by atoms with van der Waals surface area (Å²) in [7, 11) is 0. The van der Waals surface area contributed by atoms with Gasteiger partial charge in [0.15, 0.2) is 6.10 Å². The van der Waals surface area contributed by atoms with Gasteiger partial charge in [0.25, 0.3) is 5.91 Å². The van der Waals surface area contributed by atoms with Gasteiger partial charge < -0.3 is 4.74 Å². The lowest BCUT2D eigenvalue weighted by Crippen LogP contribution is -2.23. The molecule has 1 saturated heterocycles. The maximum absolute atomic E-state index is 10.7. The van der Waals surface area contributed by atoms with Crippen molar-refractivity contribution in [2.45, 2.75) is 12.5 Å². The molecular weight excluding hydrogens is 134 g/mol. The van der Waals surface area contributed by atoms with E-state index in [2.05, 4.69) is 11.3 Å². The molecule has 0 saturated carbocycles. The van der Waals surface area contributed by atoms with Gasteiger partial charge in [-0.1, -0.05) is 6.08 Å². The van der Waals surface area contributed by atoms with Gasteiger partial charge in [0.2, 0.25) is 0 Å². The second-order valence-corrected chi connectivity index (χ2v) is 1.91. The molecule has 1 N–H and O–H groups in total. The van der Waals surface area contributed by atoms with Crippen molar-refractivity contribution >= 4 is 12.0 Å². The predicted molar refractivity (Wildman–Crippen MR) is 33.2 cm³/mol. The third-order valence-corrected chi connectivity index (χ3v) is 1.15. The van der Waals surface area contributed by atoms with Gasteiger partial charge in [-0.2, -0.15) is 0 Å². The van der Waals surface area contributed by atoms with E-state index < -0.39 is 12.2 Å². The molecule has 0 aromatic heterocycles. The normalized spacial score (nSPS) is 23.8. The first-order chi connectivity index (χ1) is 4.74. The zero-order valence-corrected chi connectivity index (χ0v) is 5.29. The summed E-state index contributed by atoms with van der Waals surface area (Å²) in [5, 5.41) is 2.00. The van der Waals surface area contributed by atoms with Crippen LogP contribution in [0, 0.1) is 0 Å². The Labute approximate surface area is 57.9 Å². The van der Waals surface area contributed by atoms with E-state index in [0.29, 0.717) is 6.42 Å². The van der Waals surface area contributed by atoms with Gasteiger partial charge in [0, 0.05) is 6.42 Å². The van der Waals surface area contributed by atoms with E-state index in [1.165, 1.54) is 6.08 Å². The number of imide groups is 1. The Morgan fingerprint density at radius 2 is 2.40 bits per heavy atom. The fourth-order valence-corrected chi connectivity index (χ4v) is 0.700. The Kier molecular flexibility index (Phi) is 1.71. The minimum Gasteiger partial charge on any atom is -0.435 e. The molecule has 0 radical (unpaired) electrons. The highest BCUT2D eigenvalue weighted by Gasteiger charge is 2.30. The highest BCUT2D eigenvalue weighted by molar-refractivity contribution is 5.99. The summed E-state index contributed by atoms with van der Waals surface area (Å²) in [5.74, 6) is -0.384. The Bertz CT molecular complexity index is 187. The lowest BCUT2D eigenvalue weighted by Gasteiger charge is -1.98. The summed E-state index contributed by atoms with van der Waals surface area (Å²) < 4.78 is 4.54. The van der Waals surface area contributed by atoms with Gasteiger partial charge >= 0.3 is 6.09 Å². The summed E-state index contributed by atoms with van der Waals surface area (Å²) in [4.78, 5) is 21.0. The Hall–Kier alpha value is -1.32. The average Bonchev–Trinajstić information content (AvgIpc) is 2.13. The highest BCUT2D eigenvalue weighted by Crippen LogP contribution is 2.05. The molecule has 1 heterocycles. The van der Waals surface area contributed by atoms with Crippen molar-refractivity contribution in [3.05, 3.63) is 12.7 Å². The molecule has 1 fully saturated rings. The molecule has 1 atom stereocenters. The topological polar surface area (TPSA) is 55.4 Å². The van der Waals surface area contributed by atoms with Crippen molar-refractivity contribution in [2.24, 2.45) is 0 Å². The van der Waals surface area contributed by atoms with Crippen LogP contribution in [0.5, 0.6) is 0 Å². The summed E-state index contributed by atoms with van der Waals surface area (Å²) in [5.41, 5.74) is 0. The molecule has 1 unspecified atom stereocenters. The van der Waals surface area contributed by atoms with Crippen molar-refractivity contribution in [3.8, 4) is 0 Å². The van der Waals surface area contributed by atoms with Crippen LogP contribution >= 0.6 is 0 Å². The van der Waals surface area contributed by atoms with Crippen LogP contribution in [0.2, 0.25) is 0 Å². The summed E-state index contributed by atoms with van der Waals surface area (Å²) >= 11 is 0. The molecule has 0 aromatic rings. The maximum atomic E-state index is 10.7. The Morgan fingerprint density at radius 1 is 1.70 bits per heavy atom. The van der Waals surface area contributed by atoms with Gasteiger partial charge in [0.05, 0.1) is 0 Å². The zero-order chi connectivity index (χ0) is 7.56. The van der Waals surface area contributed by atoms with Crippen LogP contribution < -0.4 is 5.32 Å². The standard InChI is InChI=1S/C6H7NO3/c1-2-3-4-5(8)7-6(9)10-4/h2,4H,1,3H2,(H,7,8,9). The molecule has 4 nitrogen and oxygen atoms in total. The lowest BCUT2D eigenvalue weighted by atomic mass is 10.2. The first-order valence-corrected chi connectivity index (χ1v) is 2.86. The van der Waals surface area contributed by atoms with Gasteiger partial charge in [0.1, 0.15) is 0 Å². The molecule has 1 rings (SSSR count). The van der Waals surface area contributed by atoms with E-state index in [9.17, 15) is 9.59 Å². The van der Waals surface area contributed by atoms with Crippen LogP contribution in [-0.4, -0.2) is 18.1 Å². The van der Waals surface area contributed by atoms with Gasteiger partial charge in [-0.25, -0.2) is 4.79 Å². The number of rotatable bonds is 2. The molecule has 54 valence electrons. The molecule has 1 aliphatic heterocycles. The van der Waals surface area contributed by atoms with Crippen LogP contribution in [0.3, 0.4) is 0 Å². The van der Waals surface area contributed by atoms with E-state index >= 15 is 0 Å². The number of alkyl carbamates (subject to hydrolysis) is 1. The van der Waals surface area contributed by atoms with E-state index in [1.54, 1.807) is 0 Å². The summed E-state index contributed by atoms with van der Waals surface area (Å²) in [6.45, 7) is 3.41. The SMILES string of the molecule is C=CCC1OC(=O)NC1=O. The average molecular weight is 141 g/mol. The fraction of sp³-hybridized carbons (Fsp3) is 0.333. The third kappa shape index (κ3) is 1.15. The number of amides is 2. The fourth-order valence-electron chi connectivity index (χ4n) is 0.700. The first kappa shape index (κ1) is 6.80. The monoisotopic (exact) mass is 141 g/mol. The smallest absolute Gasteiger partial charge is 0.414 e. The van der Waals surface area contributed by atoms with Gasteiger partial charge in [-0.3, -0.25) is 10.1 Å². The Balaban J connectivity index is 2.54. The number of nitrogens with one attached hydrogen (secondary N) is 1. The maximum Gasteiger partial charge on any atom is 0.414 e. The minimum atomic E-state index is -0.670. The van der Waals surface area contributed by atoms with Crippen LogP contribution in [0.15, 0.2) is 12.7 Å². The van der Waals surface area contributed by atoms with E-state index in [0.717, 1.165) is 0 Å². The van der Waals surface area contributed by atoms with Gasteiger partial charge in [-0.15, -0.1) is 6.58 Å². The van der Waals surface area contributed by atoms with Crippen LogP contribution in [0.4, 0.5) is 4.79 Å². The predicted octanol–water partition coefficient (Wildman–Crippen LogP) is 0.197. The van der Waals surface area contributed by atoms with E-state index in [1.807, 2.05) is 5.32 Å². The number of cyclic esters (lactones) is 1. The molecule has 0 spiro atoms. The molecule has 4 heteroatoms. The first-order valence-electron chi connectivity index (χ1n) is 2.86. The summed E-state index contributed by atoms with van der Waals surface area (Å²) in [6, 6.07) is 0. The largest absolute Gasteiger partial charge is 0.435 e. The Morgan fingerprint density at radius 3 is 2.80 bits per heavy atom. The van der Waals surface area contributed by atoms with Crippen molar-refractivity contribution in [2.75, 3.05) is 0 Å². The molecule has 2 amide bonds. The second kappa shape index (κ2) is 2.51. The summed E-state index contributed by atoms with van der Waals surface area (Å²) in [6.07, 6.45) is 0.572. The molecule has 1 aliphatic rings.